The Balaban J connectivity index is 2.10. The predicted molar refractivity (Wildman–Crippen MR) is 72.6 cm³/mol. The molecule has 0 unspecified atom stereocenters. The Labute approximate surface area is 107 Å². The van der Waals surface area contributed by atoms with E-state index in [0.717, 1.165) is 27.6 Å². The SMILES string of the molecule is c1cc(-c2nsc3ccccc23)c2oncc2c1. The first-order chi connectivity index (χ1) is 8.93. The summed E-state index contributed by atoms with van der Waals surface area (Å²) in [6, 6.07) is 14.2. The zero-order valence-corrected chi connectivity index (χ0v) is 10.1. The number of hydrogen-bond acceptors (Lipinski definition) is 4. The number of rotatable bonds is 1. The summed E-state index contributed by atoms with van der Waals surface area (Å²) in [6.45, 7) is 0. The van der Waals surface area contributed by atoms with Crippen LogP contribution in [0.1, 0.15) is 0 Å². The standard InChI is InChI=1S/C14H8N2OS/c1-2-7-12-10(5-1)13(16-18-12)11-6-3-4-9-8-15-17-14(9)11/h1-8H. The molecule has 0 amide bonds. The smallest absolute Gasteiger partial charge is 0.176 e. The maximum absolute atomic E-state index is 5.34. The van der Waals surface area contributed by atoms with Crippen LogP contribution in [0, 0.1) is 0 Å². The van der Waals surface area contributed by atoms with Gasteiger partial charge in [-0.3, -0.25) is 0 Å². The van der Waals surface area contributed by atoms with E-state index in [-0.39, 0.29) is 0 Å². The Morgan fingerprint density at radius 2 is 1.94 bits per heavy atom. The third-order valence-electron chi connectivity index (χ3n) is 3.01. The molecule has 0 aliphatic heterocycles. The topological polar surface area (TPSA) is 38.9 Å². The molecule has 0 bridgehead atoms. The highest BCUT2D eigenvalue weighted by Gasteiger charge is 2.13. The summed E-state index contributed by atoms with van der Waals surface area (Å²) in [4.78, 5) is 0. The highest BCUT2D eigenvalue weighted by Crippen LogP contribution is 2.34. The van der Waals surface area contributed by atoms with Crippen LogP contribution in [0.5, 0.6) is 0 Å². The van der Waals surface area contributed by atoms with E-state index in [1.165, 1.54) is 16.2 Å². The summed E-state index contributed by atoms with van der Waals surface area (Å²) in [5, 5.41) is 6.02. The molecule has 0 atom stereocenters. The van der Waals surface area contributed by atoms with Crippen LogP contribution in [0.3, 0.4) is 0 Å². The van der Waals surface area contributed by atoms with Crippen molar-refractivity contribution in [1.82, 2.24) is 9.53 Å². The van der Waals surface area contributed by atoms with Gasteiger partial charge in [0.25, 0.3) is 0 Å². The monoisotopic (exact) mass is 252 g/mol. The third kappa shape index (κ3) is 1.29. The Kier molecular flexibility index (Phi) is 1.98. The Hall–Kier alpha value is -2.20. The maximum atomic E-state index is 5.34. The van der Waals surface area contributed by atoms with Gasteiger partial charge in [0.1, 0.15) is 0 Å². The molecule has 3 nitrogen and oxygen atoms in total. The van der Waals surface area contributed by atoms with Gasteiger partial charge in [0.15, 0.2) is 5.58 Å². The van der Waals surface area contributed by atoms with E-state index in [1.54, 1.807) is 6.20 Å². The minimum atomic E-state index is 0.800. The summed E-state index contributed by atoms with van der Waals surface area (Å²) >= 11 is 1.51. The Bertz CT molecular complexity index is 847. The van der Waals surface area contributed by atoms with Crippen LogP contribution in [0.25, 0.3) is 32.3 Å². The van der Waals surface area contributed by atoms with Gasteiger partial charge >= 0.3 is 0 Å². The third-order valence-corrected chi connectivity index (χ3v) is 3.84. The predicted octanol–water partition coefficient (Wildman–Crippen LogP) is 4.10. The van der Waals surface area contributed by atoms with E-state index >= 15 is 0 Å². The van der Waals surface area contributed by atoms with Crippen molar-refractivity contribution in [2.24, 2.45) is 0 Å². The van der Waals surface area contributed by atoms with Gasteiger partial charge in [-0.15, -0.1) is 0 Å². The number of fused-ring (bicyclic) bond motifs is 2. The number of benzene rings is 2. The summed E-state index contributed by atoms with van der Waals surface area (Å²) in [5.74, 6) is 0. The second-order valence-electron chi connectivity index (χ2n) is 4.08. The molecule has 18 heavy (non-hydrogen) atoms. The van der Waals surface area contributed by atoms with Crippen molar-refractivity contribution in [3.05, 3.63) is 48.7 Å². The first kappa shape index (κ1) is 9.79. The average molecular weight is 252 g/mol. The van der Waals surface area contributed by atoms with Crippen LogP contribution >= 0.6 is 11.5 Å². The van der Waals surface area contributed by atoms with E-state index in [2.05, 4.69) is 21.7 Å². The highest BCUT2D eigenvalue weighted by molar-refractivity contribution is 7.13. The number of hydrogen-bond donors (Lipinski definition) is 0. The van der Waals surface area contributed by atoms with Crippen molar-refractivity contribution in [2.45, 2.75) is 0 Å². The first-order valence-electron chi connectivity index (χ1n) is 5.62. The molecule has 0 aliphatic carbocycles. The van der Waals surface area contributed by atoms with E-state index < -0.39 is 0 Å². The summed E-state index contributed by atoms with van der Waals surface area (Å²) in [7, 11) is 0. The lowest BCUT2D eigenvalue weighted by Gasteiger charge is -1.98. The minimum Gasteiger partial charge on any atom is -0.356 e. The quantitative estimate of drug-likeness (QED) is 0.512. The molecule has 2 aromatic heterocycles. The Morgan fingerprint density at radius 3 is 2.94 bits per heavy atom. The van der Waals surface area contributed by atoms with Crippen molar-refractivity contribution in [3.63, 3.8) is 0 Å². The molecule has 0 fully saturated rings. The van der Waals surface area contributed by atoms with Crippen LogP contribution in [0.2, 0.25) is 0 Å². The molecule has 4 aromatic rings. The zero-order chi connectivity index (χ0) is 11.9. The fourth-order valence-corrected chi connectivity index (χ4v) is 2.95. The van der Waals surface area contributed by atoms with Crippen LogP contribution < -0.4 is 0 Å². The van der Waals surface area contributed by atoms with E-state index in [0.29, 0.717) is 0 Å². The summed E-state index contributed by atoms with van der Waals surface area (Å²) in [6.07, 6.45) is 1.73. The van der Waals surface area contributed by atoms with Crippen molar-refractivity contribution in [2.75, 3.05) is 0 Å². The van der Waals surface area contributed by atoms with Gasteiger partial charge in [-0.2, -0.15) is 4.37 Å². The van der Waals surface area contributed by atoms with Crippen molar-refractivity contribution < 1.29 is 4.52 Å². The van der Waals surface area contributed by atoms with E-state index in [1.807, 2.05) is 30.3 Å². The van der Waals surface area contributed by atoms with E-state index in [9.17, 15) is 0 Å². The number of nitrogens with zero attached hydrogens (tertiary/aromatic N) is 2. The minimum absolute atomic E-state index is 0.800. The summed E-state index contributed by atoms with van der Waals surface area (Å²) in [5.41, 5.74) is 2.77. The van der Waals surface area contributed by atoms with Gasteiger partial charge in [0.2, 0.25) is 0 Å². The van der Waals surface area contributed by atoms with Crippen LogP contribution in [-0.4, -0.2) is 9.53 Å². The van der Waals surface area contributed by atoms with Gasteiger partial charge in [-0.25, -0.2) is 0 Å². The average Bonchev–Trinajstić information content (AvgIpc) is 3.05. The molecule has 86 valence electrons. The molecule has 4 heteroatoms. The lowest BCUT2D eigenvalue weighted by Crippen LogP contribution is -1.78. The maximum Gasteiger partial charge on any atom is 0.176 e. The zero-order valence-electron chi connectivity index (χ0n) is 9.33. The second kappa shape index (κ2) is 3.65. The molecular weight excluding hydrogens is 244 g/mol. The van der Waals surface area contributed by atoms with Crippen molar-refractivity contribution >= 4 is 32.6 Å². The van der Waals surface area contributed by atoms with Gasteiger partial charge in [0.05, 0.1) is 16.6 Å². The molecule has 0 N–H and O–H groups in total. The fourth-order valence-electron chi connectivity index (χ4n) is 2.16. The molecule has 0 spiro atoms. The lowest BCUT2D eigenvalue weighted by molar-refractivity contribution is 0.457. The Morgan fingerprint density at radius 1 is 1.00 bits per heavy atom. The fraction of sp³-hybridized carbons (Fsp3) is 0. The van der Waals surface area contributed by atoms with Crippen molar-refractivity contribution in [1.29, 1.82) is 0 Å². The molecule has 0 aliphatic rings. The highest BCUT2D eigenvalue weighted by atomic mass is 32.1. The lowest BCUT2D eigenvalue weighted by atomic mass is 10.1. The van der Waals surface area contributed by atoms with Gasteiger partial charge in [-0.1, -0.05) is 29.4 Å². The largest absolute Gasteiger partial charge is 0.356 e. The van der Waals surface area contributed by atoms with Gasteiger partial charge in [0, 0.05) is 16.3 Å². The van der Waals surface area contributed by atoms with Crippen LogP contribution in [-0.2, 0) is 0 Å². The molecule has 0 radical (unpaired) electrons. The van der Waals surface area contributed by atoms with Gasteiger partial charge in [-0.05, 0) is 29.7 Å². The van der Waals surface area contributed by atoms with Gasteiger partial charge < -0.3 is 4.52 Å². The van der Waals surface area contributed by atoms with Crippen molar-refractivity contribution in [3.8, 4) is 11.3 Å². The summed E-state index contributed by atoms with van der Waals surface area (Å²) < 4.78 is 11.1. The van der Waals surface area contributed by atoms with E-state index in [4.69, 9.17) is 4.52 Å². The first-order valence-corrected chi connectivity index (χ1v) is 6.39. The molecule has 2 aromatic carbocycles. The van der Waals surface area contributed by atoms with Crippen LogP contribution in [0.15, 0.2) is 53.2 Å². The normalized spacial score (nSPS) is 11.3. The molecular formula is C14H8N2OS. The molecule has 0 saturated heterocycles. The number of para-hydroxylation sites is 1. The van der Waals surface area contributed by atoms with Crippen LogP contribution in [0.4, 0.5) is 0 Å². The molecule has 4 rings (SSSR count). The number of aromatic nitrogens is 2. The second-order valence-corrected chi connectivity index (χ2v) is 4.88. The molecule has 2 heterocycles. The molecule has 0 saturated carbocycles.